The first-order valence-electron chi connectivity index (χ1n) is 6.49. The van der Waals surface area contributed by atoms with Crippen LogP contribution < -0.4 is 4.74 Å². The summed E-state index contributed by atoms with van der Waals surface area (Å²) < 4.78 is 18.0. The van der Waals surface area contributed by atoms with Crippen LogP contribution in [0.3, 0.4) is 0 Å². The van der Waals surface area contributed by atoms with Gasteiger partial charge in [-0.1, -0.05) is 0 Å². The van der Waals surface area contributed by atoms with E-state index >= 15 is 0 Å². The number of ether oxygens (including phenoxy) is 1. The van der Waals surface area contributed by atoms with E-state index in [9.17, 15) is 14.0 Å². The van der Waals surface area contributed by atoms with Crippen molar-refractivity contribution >= 4 is 41.3 Å². The van der Waals surface area contributed by atoms with E-state index in [0.29, 0.717) is 16.9 Å². The van der Waals surface area contributed by atoms with Crippen molar-refractivity contribution in [3.05, 3.63) is 64.5 Å². The van der Waals surface area contributed by atoms with Crippen molar-refractivity contribution in [1.82, 2.24) is 0 Å². The van der Waals surface area contributed by atoms with E-state index in [2.05, 4.69) is 0 Å². The van der Waals surface area contributed by atoms with Crippen molar-refractivity contribution in [2.45, 2.75) is 20.8 Å². The van der Waals surface area contributed by atoms with Gasteiger partial charge >= 0.3 is 35.5 Å². The number of benzene rings is 2. The summed E-state index contributed by atoms with van der Waals surface area (Å²) in [5, 5.41) is 0. The van der Waals surface area contributed by atoms with Crippen LogP contribution in [-0.4, -0.2) is 41.3 Å². The van der Waals surface area contributed by atoms with E-state index < -0.39 is 5.97 Å². The molecule has 0 amide bonds. The number of hydrogen-bond donors (Lipinski definition) is 0. The number of carbonyl (C=O) groups is 2. The van der Waals surface area contributed by atoms with Crippen LogP contribution in [0.5, 0.6) is 5.75 Å². The molecule has 0 bridgehead atoms. The van der Waals surface area contributed by atoms with Crippen molar-refractivity contribution in [2.75, 3.05) is 0 Å². The van der Waals surface area contributed by atoms with Crippen LogP contribution in [0.25, 0.3) is 0 Å². The van der Waals surface area contributed by atoms with E-state index in [1.165, 1.54) is 31.2 Å². The Balaban J connectivity index is 0.00000242. The van der Waals surface area contributed by atoms with Gasteiger partial charge in [0.1, 0.15) is 11.6 Å². The first-order valence-corrected chi connectivity index (χ1v) is 6.49. The predicted octanol–water partition coefficient (Wildman–Crippen LogP) is 2.95. The second kappa shape index (κ2) is 7.68. The van der Waals surface area contributed by atoms with E-state index in [4.69, 9.17) is 4.74 Å². The maximum absolute atomic E-state index is 12.9. The molecule has 0 aliphatic rings. The standard InChI is InChI=1S/C17H15FO3.Na.H/c1-10-11(2)16(21-12(3)19)9-8-15(10)17(20)13-4-6-14(18)7-5-13;;/h4-9H,1-3H3;;. The minimum atomic E-state index is -0.407. The monoisotopic (exact) mass is 310 g/mol. The summed E-state index contributed by atoms with van der Waals surface area (Å²) in [6, 6.07) is 8.62. The Labute approximate surface area is 150 Å². The fourth-order valence-electron chi connectivity index (χ4n) is 2.06. The number of carbonyl (C=O) groups excluding carboxylic acids is 2. The van der Waals surface area contributed by atoms with Crippen molar-refractivity contribution < 1.29 is 18.7 Å². The molecule has 0 heterocycles. The topological polar surface area (TPSA) is 43.4 Å². The summed E-state index contributed by atoms with van der Waals surface area (Å²) in [5.74, 6) is -0.541. The molecule has 0 atom stereocenters. The van der Waals surface area contributed by atoms with Crippen LogP contribution in [0, 0.1) is 19.7 Å². The number of esters is 1. The third-order valence-electron chi connectivity index (χ3n) is 3.34. The van der Waals surface area contributed by atoms with Crippen LogP contribution in [0.1, 0.15) is 34.0 Å². The van der Waals surface area contributed by atoms with Crippen molar-refractivity contribution in [3.63, 3.8) is 0 Å². The molecule has 0 radical (unpaired) electrons. The van der Waals surface area contributed by atoms with Crippen LogP contribution in [0.2, 0.25) is 0 Å². The van der Waals surface area contributed by atoms with E-state index in [-0.39, 0.29) is 41.2 Å². The fourth-order valence-corrected chi connectivity index (χ4v) is 2.06. The van der Waals surface area contributed by atoms with E-state index in [0.717, 1.165) is 11.1 Å². The van der Waals surface area contributed by atoms with Gasteiger partial charge in [0.2, 0.25) is 0 Å². The number of hydrogen-bond acceptors (Lipinski definition) is 3. The molecule has 3 nitrogen and oxygen atoms in total. The Hall–Kier alpha value is -1.49. The molecular formula is C17H16FNaO3. The van der Waals surface area contributed by atoms with Gasteiger partial charge in [0, 0.05) is 18.1 Å². The molecule has 0 N–H and O–H groups in total. The van der Waals surface area contributed by atoms with Crippen LogP contribution in [-0.2, 0) is 4.79 Å². The Morgan fingerprint density at radius 3 is 2.09 bits per heavy atom. The van der Waals surface area contributed by atoms with E-state index in [1.807, 2.05) is 0 Å². The van der Waals surface area contributed by atoms with Gasteiger partial charge in [-0.05, 0) is 61.4 Å². The summed E-state index contributed by atoms with van der Waals surface area (Å²) in [4.78, 5) is 23.5. The van der Waals surface area contributed by atoms with Crippen molar-refractivity contribution in [3.8, 4) is 5.75 Å². The van der Waals surface area contributed by atoms with Gasteiger partial charge in [-0.3, -0.25) is 9.59 Å². The number of rotatable bonds is 3. The number of ketones is 1. The third kappa shape index (κ3) is 4.03. The average Bonchev–Trinajstić information content (AvgIpc) is 2.44. The first-order chi connectivity index (χ1) is 9.90. The normalized spacial score (nSPS) is 9.82. The van der Waals surface area contributed by atoms with Crippen LogP contribution in [0.4, 0.5) is 4.39 Å². The quantitative estimate of drug-likeness (QED) is 0.379. The van der Waals surface area contributed by atoms with E-state index in [1.54, 1.807) is 26.0 Å². The average molecular weight is 310 g/mol. The molecule has 2 rings (SSSR count). The Morgan fingerprint density at radius 2 is 1.55 bits per heavy atom. The van der Waals surface area contributed by atoms with Crippen LogP contribution >= 0.6 is 0 Å². The summed E-state index contributed by atoms with van der Waals surface area (Å²) >= 11 is 0. The third-order valence-corrected chi connectivity index (χ3v) is 3.34. The molecule has 0 aliphatic carbocycles. The van der Waals surface area contributed by atoms with Crippen LogP contribution in [0.15, 0.2) is 36.4 Å². The zero-order chi connectivity index (χ0) is 15.6. The number of halogens is 1. The summed E-state index contributed by atoms with van der Waals surface area (Å²) in [7, 11) is 0. The zero-order valence-corrected chi connectivity index (χ0v) is 12.1. The molecule has 0 saturated heterocycles. The summed E-state index contributed by atoms with van der Waals surface area (Å²) in [6.07, 6.45) is 0. The zero-order valence-electron chi connectivity index (χ0n) is 12.1. The van der Waals surface area contributed by atoms with Gasteiger partial charge in [-0.2, -0.15) is 0 Å². The molecule has 0 aromatic heterocycles. The summed E-state index contributed by atoms with van der Waals surface area (Å²) in [6.45, 7) is 4.90. The van der Waals surface area contributed by atoms with Gasteiger partial charge < -0.3 is 4.74 Å². The maximum atomic E-state index is 12.9. The predicted molar refractivity (Wildman–Crippen MR) is 84.2 cm³/mol. The molecule has 2 aromatic rings. The van der Waals surface area contributed by atoms with Gasteiger partial charge in [0.05, 0.1) is 0 Å². The molecule has 22 heavy (non-hydrogen) atoms. The van der Waals surface area contributed by atoms with Gasteiger partial charge in [0.15, 0.2) is 5.78 Å². The Bertz CT molecular complexity index is 709. The molecule has 0 aliphatic heterocycles. The van der Waals surface area contributed by atoms with Crippen molar-refractivity contribution in [1.29, 1.82) is 0 Å². The minimum absolute atomic E-state index is 0. The molecular weight excluding hydrogens is 294 g/mol. The van der Waals surface area contributed by atoms with Gasteiger partial charge in [-0.15, -0.1) is 0 Å². The summed E-state index contributed by atoms with van der Waals surface area (Å²) in [5.41, 5.74) is 2.40. The molecule has 0 spiro atoms. The second-order valence-corrected chi connectivity index (χ2v) is 4.79. The molecule has 5 heteroatoms. The molecule has 2 aromatic carbocycles. The SMILES string of the molecule is CC(=O)Oc1ccc(C(=O)c2ccc(F)cc2)c(C)c1C.[NaH]. The second-order valence-electron chi connectivity index (χ2n) is 4.79. The molecule has 0 fully saturated rings. The Morgan fingerprint density at radius 1 is 0.955 bits per heavy atom. The Kier molecular flexibility index (Phi) is 6.48. The van der Waals surface area contributed by atoms with Gasteiger partial charge in [0.25, 0.3) is 0 Å². The molecule has 0 unspecified atom stereocenters. The van der Waals surface area contributed by atoms with Gasteiger partial charge in [-0.25, -0.2) is 4.39 Å². The molecule has 0 saturated carbocycles. The fraction of sp³-hybridized carbons (Fsp3) is 0.176. The van der Waals surface area contributed by atoms with Crippen molar-refractivity contribution in [2.24, 2.45) is 0 Å². The first kappa shape index (κ1) is 18.6. The molecule has 110 valence electrons.